The third-order valence-electron chi connectivity index (χ3n) is 4.86. The molecule has 0 aromatic heterocycles. The minimum Gasteiger partial charge on any atom is -0.393 e. The molecule has 3 rings (SSSR count). The molecule has 1 aliphatic rings. The van der Waals surface area contributed by atoms with Crippen molar-refractivity contribution in [2.75, 3.05) is 18.9 Å². The predicted octanol–water partition coefficient (Wildman–Crippen LogP) is 3.38. The van der Waals surface area contributed by atoms with E-state index in [9.17, 15) is 14.9 Å². The van der Waals surface area contributed by atoms with Gasteiger partial charge in [0, 0.05) is 30.7 Å². The molecule has 0 radical (unpaired) electrons. The number of anilines is 1. The molecule has 1 heterocycles. The maximum atomic E-state index is 12.4. The lowest BCUT2D eigenvalue weighted by molar-refractivity contribution is -0.383. The number of benzene rings is 2. The summed E-state index contributed by atoms with van der Waals surface area (Å²) in [7, 11) is 0. The first kappa shape index (κ1) is 18.8. The number of ether oxygens (including phenoxy) is 1. The number of nitrogens with zero attached hydrogens (tertiary/aromatic N) is 1. The number of nitrogens with two attached hydrogens (primary N) is 1. The fourth-order valence-electron chi connectivity index (χ4n) is 3.35. The van der Waals surface area contributed by atoms with Gasteiger partial charge in [-0.3, -0.25) is 14.9 Å². The predicted molar refractivity (Wildman–Crippen MR) is 102 cm³/mol. The number of nitrogen functional groups attached to an aromatic ring is 1. The Balaban J connectivity index is 1.69. The first-order valence-electron chi connectivity index (χ1n) is 8.96. The van der Waals surface area contributed by atoms with E-state index in [1.807, 2.05) is 6.92 Å². The summed E-state index contributed by atoms with van der Waals surface area (Å²) in [5.74, 6) is -0.208. The highest BCUT2D eigenvalue weighted by Gasteiger charge is 2.28. The summed E-state index contributed by atoms with van der Waals surface area (Å²) in [6.45, 7) is 3.18. The van der Waals surface area contributed by atoms with Gasteiger partial charge in [-0.2, -0.15) is 0 Å². The van der Waals surface area contributed by atoms with Crippen LogP contribution < -0.4 is 11.1 Å². The van der Waals surface area contributed by atoms with Crippen molar-refractivity contribution in [3.05, 3.63) is 69.3 Å². The molecule has 0 spiro atoms. The van der Waals surface area contributed by atoms with Gasteiger partial charge in [0.1, 0.15) is 5.69 Å². The van der Waals surface area contributed by atoms with Gasteiger partial charge in [-0.25, -0.2) is 0 Å². The van der Waals surface area contributed by atoms with E-state index in [0.29, 0.717) is 13.2 Å². The molecule has 2 aromatic rings. The molecule has 3 N–H and O–H groups in total. The summed E-state index contributed by atoms with van der Waals surface area (Å²) in [4.78, 5) is 22.9. The zero-order valence-corrected chi connectivity index (χ0v) is 15.2. The summed E-state index contributed by atoms with van der Waals surface area (Å²) < 4.78 is 5.96. The zero-order valence-electron chi connectivity index (χ0n) is 15.2. The van der Waals surface area contributed by atoms with Gasteiger partial charge < -0.3 is 15.8 Å². The number of carbonyl (C=O) groups is 1. The Kier molecular flexibility index (Phi) is 5.71. The van der Waals surface area contributed by atoms with Gasteiger partial charge in [-0.05, 0) is 37.5 Å². The van der Waals surface area contributed by atoms with E-state index in [0.717, 1.165) is 18.4 Å². The fraction of sp³-hybridized carbons (Fsp3) is 0.350. The second-order valence-corrected chi connectivity index (χ2v) is 6.85. The molecule has 0 saturated carbocycles. The highest BCUT2D eigenvalue weighted by Crippen LogP contribution is 2.33. The Morgan fingerprint density at radius 2 is 2.04 bits per heavy atom. The number of nitro groups is 1. The molecule has 0 bridgehead atoms. The van der Waals surface area contributed by atoms with Crippen LogP contribution in [0, 0.1) is 23.0 Å². The molecule has 2 unspecified atom stereocenters. The molecule has 1 aliphatic heterocycles. The number of aryl methyl sites for hydroxylation is 1. The highest BCUT2D eigenvalue weighted by atomic mass is 16.6. The van der Waals surface area contributed by atoms with Gasteiger partial charge in [0.25, 0.3) is 11.6 Å². The molecule has 142 valence electrons. The van der Waals surface area contributed by atoms with Crippen molar-refractivity contribution in [1.82, 2.24) is 5.32 Å². The number of rotatable bonds is 5. The summed E-state index contributed by atoms with van der Waals surface area (Å²) in [5, 5.41) is 13.9. The molecule has 7 heteroatoms. The van der Waals surface area contributed by atoms with Crippen LogP contribution >= 0.6 is 0 Å². The first-order chi connectivity index (χ1) is 13.0. The van der Waals surface area contributed by atoms with Crippen LogP contribution in [0.4, 0.5) is 11.4 Å². The number of nitrogens with one attached hydrogen (secondary N) is 1. The second kappa shape index (κ2) is 8.18. The third-order valence-corrected chi connectivity index (χ3v) is 4.86. The molecule has 2 atom stereocenters. The smallest absolute Gasteiger partial charge is 0.292 e. The molecule has 2 aromatic carbocycles. The van der Waals surface area contributed by atoms with Crippen molar-refractivity contribution in [3.63, 3.8) is 0 Å². The molecule has 7 nitrogen and oxygen atoms in total. The highest BCUT2D eigenvalue weighted by molar-refractivity contribution is 5.95. The molecular weight excluding hydrogens is 346 g/mol. The molecule has 1 saturated heterocycles. The first-order valence-corrected chi connectivity index (χ1v) is 8.96. The summed E-state index contributed by atoms with van der Waals surface area (Å²) >= 11 is 0. The van der Waals surface area contributed by atoms with E-state index < -0.39 is 4.92 Å². The van der Waals surface area contributed by atoms with Crippen molar-refractivity contribution in [2.24, 2.45) is 5.92 Å². The maximum absolute atomic E-state index is 12.4. The Bertz CT molecular complexity index is 836. The Hall–Kier alpha value is -2.93. The maximum Gasteiger partial charge on any atom is 0.292 e. The van der Waals surface area contributed by atoms with E-state index >= 15 is 0 Å². The average molecular weight is 369 g/mol. The van der Waals surface area contributed by atoms with E-state index in [1.54, 1.807) is 0 Å². The average Bonchev–Trinajstić information content (AvgIpc) is 2.67. The lowest BCUT2D eigenvalue weighted by Gasteiger charge is -2.32. The van der Waals surface area contributed by atoms with Crippen molar-refractivity contribution >= 4 is 17.3 Å². The van der Waals surface area contributed by atoms with Gasteiger partial charge in [0.15, 0.2) is 0 Å². The largest absolute Gasteiger partial charge is 0.393 e. The van der Waals surface area contributed by atoms with Gasteiger partial charge >= 0.3 is 0 Å². The van der Waals surface area contributed by atoms with Crippen LogP contribution in [-0.4, -0.2) is 24.0 Å². The van der Waals surface area contributed by atoms with Crippen LogP contribution in [0.25, 0.3) is 0 Å². The summed E-state index contributed by atoms with van der Waals surface area (Å²) in [5.41, 5.74) is 7.87. The van der Waals surface area contributed by atoms with Crippen molar-refractivity contribution in [3.8, 4) is 0 Å². The number of carbonyl (C=O) groups excluding carboxylic acids is 1. The van der Waals surface area contributed by atoms with Crippen LogP contribution in [0.15, 0.2) is 42.5 Å². The van der Waals surface area contributed by atoms with E-state index in [2.05, 4.69) is 29.6 Å². The van der Waals surface area contributed by atoms with Crippen LogP contribution in [-0.2, 0) is 4.74 Å². The number of hydrogen-bond donors (Lipinski definition) is 2. The minimum absolute atomic E-state index is 0.0386. The molecule has 27 heavy (non-hydrogen) atoms. The van der Waals surface area contributed by atoms with Crippen LogP contribution in [0.1, 0.15) is 40.4 Å². The van der Waals surface area contributed by atoms with Gasteiger partial charge in [-0.15, -0.1) is 0 Å². The van der Waals surface area contributed by atoms with Crippen molar-refractivity contribution in [1.29, 1.82) is 0 Å². The standard InChI is InChI=1S/C20H23N3O4/c1-13-4-6-14(7-5-13)19-16(3-2-10-27-19)12-22-20(24)15-8-9-17(21)18(11-15)23(25)26/h4-9,11,16,19H,2-3,10,12,21H2,1H3,(H,22,24). The Morgan fingerprint density at radius 3 is 2.74 bits per heavy atom. The lowest BCUT2D eigenvalue weighted by atomic mass is 9.89. The van der Waals surface area contributed by atoms with Crippen molar-refractivity contribution in [2.45, 2.75) is 25.9 Å². The van der Waals surface area contributed by atoms with Crippen LogP contribution in [0.3, 0.4) is 0 Å². The van der Waals surface area contributed by atoms with Crippen molar-refractivity contribution < 1.29 is 14.5 Å². The summed E-state index contributed by atoms with van der Waals surface area (Å²) in [6, 6.07) is 12.3. The van der Waals surface area contributed by atoms with Gasteiger partial charge in [0.05, 0.1) is 11.0 Å². The quantitative estimate of drug-likeness (QED) is 0.477. The van der Waals surface area contributed by atoms with Crippen LogP contribution in [0.5, 0.6) is 0 Å². The number of amides is 1. The Labute approximate surface area is 157 Å². The van der Waals surface area contributed by atoms with Gasteiger partial charge in [0.2, 0.25) is 0 Å². The monoisotopic (exact) mass is 369 g/mol. The number of nitro benzene ring substituents is 1. The van der Waals surface area contributed by atoms with E-state index in [4.69, 9.17) is 10.5 Å². The minimum atomic E-state index is -0.589. The fourth-order valence-corrected chi connectivity index (χ4v) is 3.35. The Morgan fingerprint density at radius 1 is 1.30 bits per heavy atom. The summed E-state index contributed by atoms with van der Waals surface area (Å²) in [6.07, 6.45) is 1.82. The normalized spacial score (nSPS) is 19.4. The lowest BCUT2D eigenvalue weighted by Crippen LogP contribution is -2.35. The third kappa shape index (κ3) is 4.43. The van der Waals surface area contributed by atoms with Gasteiger partial charge in [-0.1, -0.05) is 29.8 Å². The molecular formula is C20H23N3O4. The zero-order chi connectivity index (χ0) is 19.4. The topological polar surface area (TPSA) is 107 Å². The number of hydrogen-bond acceptors (Lipinski definition) is 5. The van der Waals surface area contributed by atoms with E-state index in [1.165, 1.54) is 23.8 Å². The second-order valence-electron chi connectivity index (χ2n) is 6.85. The molecule has 1 amide bonds. The van der Waals surface area contributed by atoms with Crippen LogP contribution in [0.2, 0.25) is 0 Å². The SMILES string of the molecule is Cc1ccc(C2OCCCC2CNC(=O)c2ccc(N)c([N+](=O)[O-])c2)cc1. The molecule has 0 aliphatic carbocycles. The van der Waals surface area contributed by atoms with E-state index in [-0.39, 0.29) is 34.9 Å². The molecule has 1 fully saturated rings.